The highest BCUT2D eigenvalue weighted by molar-refractivity contribution is 6.07. The van der Waals surface area contributed by atoms with Crippen LogP contribution in [0.2, 0.25) is 0 Å². The van der Waals surface area contributed by atoms with Gasteiger partial charge in [-0.1, -0.05) is 19.9 Å². The van der Waals surface area contributed by atoms with Crippen LogP contribution in [0.4, 0.5) is 15.8 Å². The van der Waals surface area contributed by atoms with Crippen LogP contribution in [0.5, 0.6) is 11.5 Å². The lowest BCUT2D eigenvalue weighted by molar-refractivity contribution is 0.0940. The summed E-state index contributed by atoms with van der Waals surface area (Å²) >= 11 is 0. The number of carbonyl (C=O) groups is 1. The van der Waals surface area contributed by atoms with Crippen molar-refractivity contribution < 1.29 is 18.7 Å². The van der Waals surface area contributed by atoms with Gasteiger partial charge in [-0.2, -0.15) is 0 Å². The number of hydrogen-bond donors (Lipinski definition) is 3. The lowest BCUT2D eigenvalue weighted by Gasteiger charge is -2.22. The van der Waals surface area contributed by atoms with Gasteiger partial charge in [0.1, 0.15) is 5.75 Å². The molecule has 9 heteroatoms. The number of nitrogens with one attached hydrogen (secondary N) is 3. The number of rotatable bonds is 8. The zero-order valence-electron chi connectivity index (χ0n) is 22.7. The predicted molar refractivity (Wildman–Crippen MR) is 148 cm³/mol. The number of benzene rings is 1. The maximum absolute atomic E-state index is 14.3. The summed E-state index contributed by atoms with van der Waals surface area (Å²) in [5, 5.41) is 6.18. The standard InChI is InChI=1S/C22H23FN4O3.C7H15N/c1-4-12-10-25-22(28)17-18(12)27-19(13-8-9-24-11-16(13)29-2)20(17)26-15-7-5-6-14(23)21(15)30-3;1-2-5-8-6-3-4-7-8/h5-9,11-12,26-27H,4,10H2,1-3H3,(H,25,28);2-7H2,1H3. The van der Waals surface area contributed by atoms with Crippen LogP contribution in [0, 0.1) is 5.82 Å². The molecule has 2 aliphatic heterocycles. The molecule has 3 aromatic rings. The van der Waals surface area contributed by atoms with Crippen molar-refractivity contribution in [1.29, 1.82) is 0 Å². The second-order valence-electron chi connectivity index (χ2n) is 9.55. The summed E-state index contributed by atoms with van der Waals surface area (Å²) in [6, 6.07) is 6.42. The van der Waals surface area contributed by atoms with Gasteiger partial charge in [0.15, 0.2) is 11.6 Å². The average molecular weight is 524 g/mol. The van der Waals surface area contributed by atoms with Gasteiger partial charge in [-0.25, -0.2) is 4.39 Å². The summed E-state index contributed by atoms with van der Waals surface area (Å²) < 4.78 is 25.0. The second-order valence-corrected chi connectivity index (χ2v) is 9.55. The molecule has 1 aromatic carbocycles. The van der Waals surface area contributed by atoms with Gasteiger partial charge in [0, 0.05) is 29.9 Å². The monoisotopic (exact) mass is 523 g/mol. The molecule has 1 saturated heterocycles. The first-order valence-electron chi connectivity index (χ1n) is 13.4. The molecule has 0 aliphatic carbocycles. The van der Waals surface area contributed by atoms with Crippen LogP contribution in [-0.2, 0) is 0 Å². The maximum Gasteiger partial charge on any atom is 0.255 e. The molecule has 0 saturated carbocycles. The van der Waals surface area contributed by atoms with E-state index in [9.17, 15) is 9.18 Å². The van der Waals surface area contributed by atoms with Gasteiger partial charge in [-0.15, -0.1) is 0 Å². The van der Waals surface area contributed by atoms with Crippen LogP contribution in [-0.4, -0.2) is 61.2 Å². The minimum Gasteiger partial charge on any atom is -0.494 e. The summed E-state index contributed by atoms with van der Waals surface area (Å²) in [7, 11) is 2.97. The van der Waals surface area contributed by atoms with Gasteiger partial charge >= 0.3 is 0 Å². The van der Waals surface area contributed by atoms with Crippen molar-refractivity contribution in [1.82, 2.24) is 20.2 Å². The van der Waals surface area contributed by atoms with Crippen LogP contribution < -0.4 is 20.1 Å². The number of para-hydroxylation sites is 1. The first-order chi connectivity index (χ1) is 18.5. The Morgan fingerprint density at radius 1 is 1.16 bits per heavy atom. The van der Waals surface area contributed by atoms with Crippen molar-refractivity contribution in [3.8, 4) is 22.8 Å². The highest BCUT2D eigenvalue weighted by Gasteiger charge is 2.33. The third-order valence-corrected chi connectivity index (χ3v) is 7.11. The molecule has 4 heterocycles. The van der Waals surface area contributed by atoms with Crippen molar-refractivity contribution in [3.63, 3.8) is 0 Å². The lowest BCUT2D eigenvalue weighted by Crippen LogP contribution is -2.34. The van der Waals surface area contributed by atoms with Crippen LogP contribution in [0.1, 0.15) is 61.5 Å². The van der Waals surface area contributed by atoms with E-state index >= 15 is 0 Å². The highest BCUT2D eigenvalue weighted by Crippen LogP contribution is 2.44. The number of H-pyrrole nitrogens is 1. The van der Waals surface area contributed by atoms with Crippen molar-refractivity contribution in [2.45, 2.75) is 45.4 Å². The zero-order valence-corrected chi connectivity index (χ0v) is 22.7. The van der Waals surface area contributed by atoms with Gasteiger partial charge in [0.25, 0.3) is 5.91 Å². The molecule has 5 rings (SSSR count). The molecule has 1 amide bonds. The minimum absolute atomic E-state index is 0.0725. The van der Waals surface area contributed by atoms with E-state index in [2.05, 4.69) is 39.3 Å². The summed E-state index contributed by atoms with van der Waals surface area (Å²) in [4.78, 5) is 22.9. The second kappa shape index (κ2) is 12.8. The largest absolute Gasteiger partial charge is 0.494 e. The number of amides is 1. The molecule has 1 unspecified atom stereocenters. The fraction of sp³-hybridized carbons (Fsp3) is 0.448. The quantitative estimate of drug-likeness (QED) is 0.351. The van der Waals surface area contributed by atoms with Crippen LogP contribution in [0.3, 0.4) is 0 Å². The Hall–Kier alpha value is -3.59. The number of fused-ring (bicyclic) bond motifs is 1. The predicted octanol–water partition coefficient (Wildman–Crippen LogP) is 5.71. The normalized spacial score (nSPS) is 16.8. The first-order valence-corrected chi connectivity index (χ1v) is 13.4. The molecule has 8 nitrogen and oxygen atoms in total. The summed E-state index contributed by atoms with van der Waals surface area (Å²) in [5.74, 6) is 0.0744. The number of aromatic nitrogens is 2. The van der Waals surface area contributed by atoms with Gasteiger partial charge in [-0.3, -0.25) is 9.78 Å². The third kappa shape index (κ3) is 5.78. The van der Waals surface area contributed by atoms with E-state index in [1.807, 2.05) is 6.07 Å². The van der Waals surface area contributed by atoms with Crippen molar-refractivity contribution in [3.05, 3.63) is 53.7 Å². The van der Waals surface area contributed by atoms with E-state index < -0.39 is 5.82 Å². The van der Waals surface area contributed by atoms with E-state index in [-0.39, 0.29) is 17.6 Å². The summed E-state index contributed by atoms with van der Waals surface area (Å²) in [6.45, 7) is 8.90. The van der Waals surface area contributed by atoms with Crippen molar-refractivity contribution in [2.75, 3.05) is 45.7 Å². The first kappa shape index (κ1) is 27.4. The fourth-order valence-electron chi connectivity index (χ4n) is 5.16. The molecule has 0 bridgehead atoms. The number of likely N-dealkylation sites (tertiary alicyclic amines) is 1. The number of hydrogen-bond acceptors (Lipinski definition) is 6. The molecule has 38 heavy (non-hydrogen) atoms. The molecule has 0 spiro atoms. The average Bonchev–Trinajstić information content (AvgIpc) is 3.58. The van der Waals surface area contributed by atoms with E-state index in [1.165, 1.54) is 52.1 Å². The number of halogens is 1. The van der Waals surface area contributed by atoms with Gasteiger partial charge in [0.05, 0.1) is 43.0 Å². The van der Waals surface area contributed by atoms with Gasteiger partial charge in [-0.05, 0) is 63.5 Å². The number of methoxy groups -OCH3 is 2. The number of anilines is 2. The zero-order chi connectivity index (χ0) is 27.1. The molecule has 3 N–H and O–H groups in total. The fourth-order valence-corrected chi connectivity index (χ4v) is 5.16. The Labute approximate surface area is 223 Å². The number of carbonyl (C=O) groups excluding carboxylic acids is 1. The molecular formula is C29H38FN5O3. The number of pyridine rings is 1. The Morgan fingerprint density at radius 3 is 2.63 bits per heavy atom. The van der Waals surface area contributed by atoms with Crippen LogP contribution in [0.15, 0.2) is 36.7 Å². The Kier molecular flexibility index (Phi) is 9.23. The topological polar surface area (TPSA) is 91.5 Å². The molecular weight excluding hydrogens is 485 g/mol. The smallest absolute Gasteiger partial charge is 0.255 e. The summed E-state index contributed by atoms with van der Waals surface area (Å²) in [6.07, 6.45) is 8.30. The molecule has 0 radical (unpaired) electrons. The van der Waals surface area contributed by atoms with E-state index in [0.29, 0.717) is 34.9 Å². The van der Waals surface area contributed by atoms with Crippen LogP contribution in [0.25, 0.3) is 11.3 Å². The Balaban J connectivity index is 0.000000360. The number of aromatic amines is 1. The van der Waals surface area contributed by atoms with Gasteiger partial charge < -0.3 is 30.0 Å². The molecule has 1 atom stereocenters. The van der Waals surface area contributed by atoms with Crippen LogP contribution >= 0.6 is 0 Å². The molecule has 204 valence electrons. The Morgan fingerprint density at radius 2 is 1.95 bits per heavy atom. The number of ether oxygens (including phenoxy) is 2. The van der Waals surface area contributed by atoms with E-state index in [4.69, 9.17) is 9.47 Å². The molecule has 2 aromatic heterocycles. The number of nitrogens with zero attached hydrogens (tertiary/aromatic N) is 2. The third-order valence-electron chi connectivity index (χ3n) is 7.11. The maximum atomic E-state index is 14.3. The van der Waals surface area contributed by atoms with Gasteiger partial charge in [0.2, 0.25) is 0 Å². The highest BCUT2D eigenvalue weighted by atomic mass is 19.1. The Bertz CT molecular complexity index is 1240. The molecule has 1 fully saturated rings. The van der Waals surface area contributed by atoms with E-state index in [1.54, 1.807) is 31.6 Å². The van der Waals surface area contributed by atoms with Crippen molar-refractivity contribution in [2.24, 2.45) is 0 Å². The lowest BCUT2D eigenvalue weighted by atomic mass is 9.94. The minimum atomic E-state index is -0.495. The molecule has 2 aliphatic rings. The SMILES string of the molecule is CCC1CNC(=O)c2c1[nH]c(-c1ccncc1OC)c2Nc1cccc(F)c1OC.CCCN1CCCC1. The van der Waals surface area contributed by atoms with Crippen molar-refractivity contribution >= 4 is 17.3 Å². The summed E-state index contributed by atoms with van der Waals surface area (Å²) in [5.41, 5.74) is 3.71. The van der Waals surface area contributed by atoms with E-state index in [0.717, 1.165) is 17.7 Å².